The van der Waals surface area contributed by atoms with Crippen molar-refractivity contribution in [2.45, 2.75) is 38.5 Å². The van der Waals surface area contributed by atoms with Crippen LogP contribution >= 0.6 is 0 Å². The minimum atomic E-state index is 0.0764. The van der Waals surface area contributed by atoms with Crippen LogP contribution in [0.1, 0.15) is 20.3 Å². The zero-order chi connectivity index (χ0) is 10.1. The van der Waals surface area contributed by atoms with E-state index in [1.807, 2.05) is 18.7 Å². The molecular formula is C10H18N2O2. The lowest BCUT2D eigenvalue weighted by atomic mass is 10.1. The first-order valence-electron chi connectivity index (χ1n) is 5.34. The van der Waals surface area contributed by atoms with E-state index in [0.717, 1.165) is 26.1 Å². The average Bonchev–Trinajstić information content (AvgIpc) is 1.98. The summed E-state index contributed by atoms with van der Waals surface area (Å²) in [6.07, 6.45) is 1.32. The number of hydrogen-bond acceptors (Lipinski definition) is 3. The number of hydrogen-bond donors (Lipinski definition) is 1. The third-order valence-electron chi connectivity index (χ3n) is 2.85. The van der Waals surface area contributed by atoms with Gasteiger partial charge in [-0.05, 0) is 26.8 Å². The van der Waals surface area contributed by atoms with Crippen LogP contribution in [0.15, 0.2) is 0 Å². The van der Waals surface area contributed by atoms with Gasteiger partial charge in [-0.15, -0.1) is 0 Å². The molecule has 0 saturated carbocycles. The zero-order valence-electron chi connectivity index (χ0n) is 8.82. The molecule has 14 heavy (non-hydrogen) atoms. The molecule has 4 heteroatoms. The second kappa shape index (κ2) is 3.87. The monoisotopic (exact) mass is 198 g/mol. The van der Waals surface area contributed by atoms with E-state index in [9.17, 15) is 4.79 Å². The van der Waals surface area contributed by atoms with Crippen molar-refractivity contribution in [1.82, 2.24) is 10.2 Å². The summed E-state index contributed by atoms with van der Waals surface area (Å²) in [4.78, 5) is 13.8. The third kappa shape index (κ3) is 1.91. The first-order chi connectivity index (χ1) is 6.66. The Morgan fingerprint density at radius 2 is 1.93 bits per heavy atom. The lowest BCUT2D eigenvalue weighted by Gasteiger charge is -2.39. The minimum absolute atomic E-state index is 0.0764. The van der Waals surface area contributed by atoms with Gasteiger partial charge in [0.25, 0.3) is 0 Å². The highest BCUT2D eigenvalue weighted by molar-refractivity contribution is 5.82. The number of ether oxygens (including phenoxy) is 1. The molecular weight excluding hydrogens is 180 g/mol. The highest BCUT2D eigenvalue weighted by Crippen LogP contribution is 2.14. The lowest BCUT2D eigenvalue weighted by Crippen LogP contribution is -2.58. The van der Waals surface area contributed by atoms with Crippen LogP contribution in [0, 0.1) is 0 Å². The number of morpholine rings is 1. The second-order valence-corrected chi connectivity index (χ2v) is 4.30. The van der Waals surface area contributed by atoms with E-state index < -0.39 is 0 Å². The van der Waals surface area contributed by atoms with Crippen molar-refractivity contribution in [2.75, 3.05) is 19.6 Å². The van der Waals surface area contributed by atoms with Crippen LogP contribution in [-0.4, -0.2) is 48.7 Å². The Kier molecular flexibility index (Phi) is 2.74. The Morgan fingerprint density at radius 3 is 2.36 bits per heavy atom. The van der Waals surface area contributed by atoms with E-state index in [4.69, 9.17) is 4.74 Å². The minimum Gasteiger partial charge on any atom is -0.372 e. The highest BCUT2D eigenvalue weighted by atomic mass is 16.5. The highest BCUT2D eigenvalue weighted by Gasteiger charge is 2.32. The van der Waals surface area contributed by atoms with Crippen molar-refractivity contribution in [3.05, 3.63) is 0 Å². The number of rotatable bonds is 1. The first-order valence-corrected chi connectivity index (χ1v) is 5.34. The lowest BCUT2D eigenvalue weighted by molar-refractivity contribution is -0.147. The number of carbonyl (C=O) groups is 1. The topological polar surface area (TPSA) is 41.6 Å². The molecule has 0 radical (unpaired) electrons. The van der Waals surface area contributed by atoms with Crippen molar-refractivity contribution in [2.24, 2.45) is 0 Å². The van der Waals surface area contributed by atoms with Crippen LogP contribution in [-0.2, 0) is 9.53 Å². The van der Waals surface area contributed by atoms with Crippen molar-refractivity contribution >= 4 is 5.91 Å². The van der Waals surface area contributed by atoms with Gasteiger partial charge >= 0.3 is 0 Å². The van der Waals surface area contributed by atoms with E-state index >= 15 is 0 Å². The Labute approximate surface area is 84.6 Å². The predicted molar refractivity (Wildman–Crippen MR) is 53.0 cm³/mol. The Balaban J connectivity index is 1.92. The summed E-state index contributed by atoms with van der Waals surface area (Å²) in [6.45, 7) is 6.49. The van der Waals surface area contributed by atoms with Crippen LogP contribution < -0.4 is 5.32 Å². The molecule has 1 amide bonds. The van der Waals surface area contributed by atoms with E-state index in [0.29, 0.717) is 0 Å². The number of amides is 1. The Morgan fingerprint density at radius 1 is 1.36 bits per heavy atom. The van der Waals surface area contributed by atoms with Crippen molar-refractivity contribution in [3.8, 4) is 0 Å². The van der Waals surface area contributed by atoms with Gasteiger partial charge in [-0.2, -0.15) is 0 Å². The largest absolute Gasteiger partial charge is 0.372 e. The van der Waals surface area contributed by atoms with Gasteiger partial charge < -0.3 is 15.0 Å². The van der Waals surface area contributed by atoms with Crippen molar-refractivity contribution in [3.63, 3.8) is 0 Å². The molecule has 2 aliphatic heterocycles. The summed E-state index contributed by atoms with van der Waals surface area (Å²) in [5, 5.41) is 3.14. The van der Waals surface area contributed by atoms with Crippen molar-refractivity contribution in [1.29, 1.82) is 0 Å². The third-order valence-corrected chi connectivity index (χ3v) is 2.85. The van der Waals surface area contributed by atoms with Gasteiger partial charge in [-0.3, -0.25) is 4.79 Å². The normalized spacial score (nSPS) is 37.9. The molecule has 2 saturated heterocycles. The van der Waals surface area contributed by atoms with E-state index in [1.54, 1.807) is 0 Å². The molecule has 0 spiro atoms. The SMILES string of the molecule is C[C@@H]1CN(C(=O)C2CCN2)C[C@H](C)O1. The fourth-order valence-corrected chi connectivity index (χ4v) is 2.08. The van der Waals surface area contributed by atoms with Gasteiger partial charge in [0, 0.05) is 13.1 Å². The molecule has 0 aromatic heterocycles. The van der Waals surface area contributed by atoms with Gasteiger partial charge in [-0.25, -0.2) is 0 Å². The molecule has 2 fully saturated rings. The van der Waals surface area contributed by atoms with Crippen LogP contribution in [0.3, 0.4) is 0 Å². The maximum absolute atomic E-state index is 11.9. The fraction of sp³-hybridized carbons (Fsp3) is 0.900. The summed E-state index contributed by atoms with van der Waals surface area (Å²) < 4.78 is 5.58. The molecule has 80 valence electrons. The molecule has 0 aromatic rings. The number of nitrogens with one attached hydrogen (secondary N) is 1. The zero-order valence-corrected chi connectivity index (χ0v) is 8.82. The summed E-state index contributed by atoms with van der Waals surface area (Å²) in [7, 11) is 0. The maximum Gasteiger partial charge on any atom is 0.239 e. The molecule has 2 heterocycles. The molecule has 4 nitrogen and oxygen atoms in total. The second-order valence-electron chi connectivity index (χ2n) is 4.30. The van der Waals surface area contributed by atoms with Gasteiger partial charge in [-0.1, -0.05) is 0 Å². The van der Waals surface area contributed by atoms with Crippen LogP contribution in [0.2, 0.25) is 0 Å². The quantitative estimate of drug-likeness (QED) is 0.644. The Hall–Kier alpha value is -0.610. The van der Waals surface area contributed by atoms with Crippen molar-refractivity contribution < 1.29 is 9.53 Å². The predicted octanol–water partition coefficient (Wildman–Crippen LogP) is -0.0159. The maximum atomic E-state index is 11.9. The molecule has 2 aliphatic rings. The molecule has 0 bridgehead atoms. The van der Waals surface area contributed by atoms with Crippen LogP contribution in [0.4, 0.5) is 0 Å². The standard InChI is InChI=1S/C10H18N2O2/c1-7-5-12(6-8(2)14-7)10(13)9-3-4-11-9/h7-9,11H,3-6H2,1-2H3/t7-,8+,9?. The van der Waals surface area contributed by atoms with Gasteiger partial charge in [0.15, 0.2) is 0 Å². The Bertz CT molecular complexity index is 218. The summed E-state index contributed by atoms with van der Waals surface area (Å²) >= 11 is 0. The van der Waals surface area contributed by atoms with E-state index in [1.165, 1.54) is 0 Å². The van der Waals surface area contributed by atoms with Gasteiger partial charge in [0.05, 0.1) is 18.2 Å². The molecule has 3 atom stereocenters. The fourth-order valence-electron chi connectivity index (χ4n) is 2.08. The van der Waals surface area contributed by atoms with Gasteiger partial charge in [0.2, 0.25) is 5.91 Å². The average molecular weight is 198 g/mol. The summed E-state index contributed by atoms with van der Waals surface area (Å²) in [5.41, 5.74) is 0. The molecule has 1 N–H and O–H groups in total. The first kappa shape index (κ1) is 9.93. The molecule has 2 rings (SSSR count). The summed E-state index contributed by atoms with van der Waals surface area (Å²) in [6, 6.07) is 0.0764. The van der Waals surface area contributed by atoms with Crippen LogP contribution in [0.5, 0.6) is 0 Å². The number of carbonyl (C=O) groups excluding carboxylic acids is 1. The van der Waals surface area contributed by atoms with Gasteiger partial charge in [0.1, 0.15) is 0 Å². The molecule has 0 aliphatic carbocycles. The molecule has 0 aromatic carbocycles. The number of nitrogens with zero attached hydrogens (tertiary/aromatic N) is 1. The smallest absolute Gasteiger partial charge is 0.239 e. The molecule has 1 unspecified atom stereocenters. The van der Waals surface area contributed by atoms with E-state index in [-0.39, 0.29) is 24.2 Å². The summed E-state index contributed by atoms with van der Waals surface area (Å²) in [5.74, 6) is 0.248. The van der Waals surface area contributed by atoms with E-state index in [2.05, 4.69) is 5.32 Å². The van der Waals surface area contributed by atoms with Crippen LogP contribution in [0.25, 0.3) is 0 Å².